The molecule has 1 aliphatic carbocycles. The van der Waals surface area contributed by atoms with Gasteiger partial charge in [-0.2, -0.15) is 0 Å². The van der Waals surface area contributed by atoms with E-state index in [1.807, 2.05) is 18.2 Å². The Labute approximate surface area is 70.6 Å². The smallest absolute Gasteiger partial charge is 0.0503 e. The van der Waals surface area contributed by atoms with Gasteiger partial charge in [-0.15, -0.1) is 0 Å². The first-order valence-electron chi connectivity index (χ1n) is 3.71. The van der Waals surface area contributed by atoms with E-state index in [2.05, 4.69) is 0 Å². The molecular formula is C9H9ClO. The van der Waals surface area contributed by atoms with Crippen molar-refractivity contribution < 1.29 is 5.11 Å². The van der Waals surface area contributed by atoms with Gasteiger partial charge in [0, 0.05) is 10.9 Å². The van der Waals surface area contributed by atoms with Gasteiger partial charge in [0.05, 0.1) is 6.61 Å². The molecular weight excluding hydrogens is 160 g/mol. The number of hydrogen-bond acceptors (Lipinski definition) is 1. The molecule has 0 saturated carbocycles. The van der Waals surface area contributed by atoms with E-state index in [1.165, 1.54) is 11.1 Å². The molecule has 58 valence electrons. The van der Waals surface area contributed by atoms with E-state index in [-0.39, 0.29) is 6.61 Å². The second-order valence-electron chi connectivity index (χ2n) is 2.89. The van der Waals surface area contributed by atoms with Crippen LogP contribution in [0.4, 0.5) is 0 Å². The summed E-state index contributed by atoms with van der Waals surface area (Å²) >= 11 is 5.91. The van der Waals surface area contributed by atoms with Gasteiger partial charge in [0.2, 0.25) is 0 Å². The highest BCUT2D eigenvalue weighted by Gasteiger charge is 2.26. The minimum absolute atomic E-state index is 0.243. The zero-order valence-corrected chi connectivity index (χ0v) is 6.80. The van der Waals surface area contributed by atoms with Crippen molar-refractivity contribution in [1.29, 1.82) is 0 Å². The summed E-state index contributed by atoms with van der Waals surface area (Å²) in [6, 6.07) is 5.86. The molecule has 0 radical (unpaired) electrons. The number of hydrogen-bond donors (Lipinski definition) is 1. The lowest BCUT2D eigenvalue weighted by molar-refractivity contribution is 0.253. The molecule has 0 aliphatic heterocycles. The van der Waals surface area contributed by atoms with E-state index in [0.717, 1.165) is 11.4 Å². The van der Waals surface area contributed by atoms with Crippen LogP contribution >= 0.6 is 11.6 Å². The third kappa shape index (κ3) is 0.959. The van der Waals surface area contributed by atoms with Gasteiger partial charge in [0.15, 0.2) is 0 Å². The van der Waals surface area contributed by atoms with Crippen LogP contribution in [0.15, 0.2) is 18.2 Å². The van der Waals surface area contributed by atoms with Crippen molar-refractivity contribution >= 4 is 11.6 Å². The number of fused-ring (bicyclic) bond motifs is 1. The van der Waals surface area contributed by atoms with Crippen molar-refractivity contribution in [3.63, 3.8) is 0 Å². The van der Waals surface area contributed by atoms with Gasteiger partial charge in [-0.3, -0.25) is 0 Å². The van der Waals surface area contributed by atoms with E-state index >= 15 is 0 Å². The number of rotatable bonds is 1. The lowest BCUT2D eigenvalue weighted by Gasteiger charge is -2.29. The maximum atomic E-state index is 8.88. The van der Waals surface area contributed by atoms with Crippen LogP contribution in [0.1, 0.15) is 17.0 Å². The van der Waals surface area contributed by atoms with Crippen molar-refractivity contribution in [3.8, 4) is 0 Å². The second-order valence-corrected chi connectivity index (χ2v) is 3.30. The summed E-state index contributed by atoms with van der Waals surface area (Å²) in [5.41, 5.74) is 2.44. The van der Waals surface area contributed by atoms with Gasteiger partial charge in [0.25, 0.3) is 0 Å². The Hall–Kier alpha value is -0.530. The molecule has 1 aliphatic rings. The second kappa shape index (κ2) is 2.50. The van der Waals surface area contributed by atoms with E-state index in [4.69, 9.17) is 16.7 Å². The molecule has 1 nitrogen and oxygen atoms in total. The van der Waals surface area contributed by atoms with Crippen molar-refractivity contribution in [3.05, 3.63) is 34.3 Å². The normalized spacial score (nSPS) is 20.7. The third-order valence-electron chi connectivity index (χ3n) is 2.27. The average Bonchev–Trinajstić information content (AvgIpc) is 1.95. The predicted molar refractivity (Wildman–Crippen MR) is 45.0 cm³/mol. The Kier molecular flexibility index (Phi) is 1.63. The highest BCUT2D eigenvalue weighted by atomic mass is 35.5. The summed E-state index contributed by atoms with van der Waals surface area (Å²) in [5.74, 6) is 0.337. The minimum Gasteiger partial charge on any atom is -0.396 e. The minimum atomic E-state index is 0.243. The van der Waals surface area contributed by atoms with Gasteiger partial charge < -0.3 is 5.11 Å². The molecule has 1 aromatic rings. The van der Waals surface area contributed by atoms with Gasteiger partial charge in [-0.25, -0.2) is 0 Å². The Morgan fingerprint density at radius 1 is 1.55 bits per heavy atom. The molecule has 1 N–H and O–H groups in total. The number of aliphatic hydroxyl groups is 1. The first-order valence-corrected chi connectivity index (χ1v) is 4.09. The molecule has 1 atom stereocenters. The number of benzene rings is 1. The molecule has 0 saturated heterocycles. The number of halogens is 1. The van der Waals surface area contributed by atoms with E-state index in [9.17, 15) is 0 Å². The van der Waals surface area contributed by atoms with Crippen LogP contribution in [0.5, 0.6) is 0 Å². The summed E-state index contributed by atoms with van der Waals surface area (Å²) in [5, 5.41) is 9.72. The molecule has 0 fully saturated rings. The van der Waals surface area contributed by atoms with Crippen molar-refractivity contribution in [1.82, 2.24) is 0 Å². The fourth-order valence-corrected chi connectivity index (χ4v) is 1.82. The SMILES string of the molecule is OCC1Cc2c(Cl)cccc21. The molecule has 0 amide bonds. The van der Waals surface area contributed by atoms with Crippen molar-refractivity contribution in [2.45, 2.75) is 12.3 Å². The maximum Gasteiger partial charge on any atom is 0.0503 e. The zero-order valence-electron chi connectivity index (χ0n) is 6.05. The molecule has 0 bridgehead atoms. The quantitative estimate of drug-likeness (QED) is 0.680. The molecule has 0 heterocycles. The van der Waals surface area contributed by atoms with Crippen LogP contribution in [0.2, 0.25) is 5.02 Å². The van der Waals surface area contributed by atoms with E-state index < -0.39 is 0 Å². The highest BCUT2D eigenvalue weighted by Crippen LogP contribution is 2.38. The molecule has 2 rings (SSSR count). The molecule has 1 unspecified atom stereocenters. The Bertz CT molecular complexity index is 283. The van der Waals surface area contributed by atoms with Gasteiger partial charge >= 0.3 is 0 Å². The zero-order chi connectivity index (χ0) is 7.84. The summed E-state index contributed by atoms with van der Waals surface area (Å²) < 4.78 is 0. The van der Waals surface area contributed by atoms with Crippen LogP contribution in [0.3, 0.4) is 0 Å². The van der Waals surface area contributed by atoms with Crippen LogP contribution < -0.4 is 0 Å². The summed E-state index contributed by atoms with van der Waals surface area (Å²) in [6.45, 7) is 0.243. The highest BCUT2D eigenvalue weighted by molar-refractivity contribution is 6.31. The van der Waals surface area contributed by atoms with Crippen LogP contribution in [-0.4, -0.2) is 11.7 Å². The summed E-state index contributed by atoms with van der Waals surface area (Å²) in [7, 11) is 0. The Morgan fingerprint density at radius 3 is 3.09 bits per heavy atom. The Morgan fingerprint density at radius 2 is 2.36 bits per heavy atom. The molecule has 1 aromatic carbocycles. The molecule has 11 heavy (non-hydrogen) atoms. The van der Waals surface area contributed by atoms with Crippen molar-refractivity contribution in [2.24, 2.45) is 0 Å². The van der Waals surface area contributed by atoms with E-state index in [0.29, 0.717) is 5.92 Å². The predicted octanol–water partition coefficient (Wildman–Crippen LogP) is 1.97. The fourth-order valence-electron chi connectivity index (χ4n) is 1.56. The van der Waals surface area contributed by atoms with E-state index in [1.54, 1.807) is 0 Å². The van der Waals surface area contributed by atoms with Crippen LogP contribution in [0.25, 0.3) is 0 Å². The third-order valence-corrected chi connectivity index (χ3v) is 2.62. The van der Waals surface area contributed by atoms with Crippen LogP contribution in [-0.2, 0) is 6.42 Å². The molecule has 0 aromatic heterocycles. The number of aliphatic hydroxyl groups excluding tert-OH is 1. The average molecular weight is 169 g/mol. The van der Waals surface area contributed by atoms with Gasteiger partial charge in [-0.1, -0.05) is 23.7 Å². The van der Waals surface area contributed by atoms with Crippen molar-refractivity contribution in [2.75, 3.05) is 6.61 Å². The largest absolute Gasteiger partial charge is 0.396 e. The molecule has 0 spiro atoms. The maximum absolute atomic E-state index is 8.88. The van der Waals surface area contributed by atoms with Crippen LogP contribution in [0, 0.1) is 0 Å². The molecule has 2 heteroatoms. The standard InChI is InChI=1S/C9H9ClO/c10-9-3-1-2-7-6(5-11)4-8(7)9/h1-3,6,11H,4-5H2. The fraction of sp³-hybridized carbons (Fsp3) is 0.333. The Balaban J connectivity index is 2.41. The first-order chi connectivity index (χ1) is 5.33. The van der Waals surface area contributed by atoms with Gasteiger partial charge in [0.1, 0.15) is 0 Å². The summed E-state index contributed by atoms with van der Waals surface area (Å²) in [6.07, 6.45) is 0.936. The summed E-state index contributed by atoms with van der Waals surface area (Å²) in [4.78, 5) is 0. The monoisotopic (exact) mass is 168 g/mol. The topological polar surface area (TPSA) is 20.2 Å². The lowest BCUT2D eigenvalue weighted by atomic mass is 9.78. The lowest BCUT2D eigenvalue weighted by Crippen LogP contribution is -2.20. The first kappa shape index (κ1) is 7.14. The van der Waals surface area contributed by atoms with Gasteiger partial charge in [-0.05, 0) is 23.6 Å².